The van der Waals surface area contributed by atoms with Gasteiger partial charge in [0, 0.05) is 11.1 Å². The molecule has 0 unspecified atom stereocenters. The number of methoxy groups -OCH3 is 6. The van der Waals surface area contributed by atoms with Crippen LogP contribution in [-0.4, -0.2) is 66.3 Å². The van der Waals surface area contributed by atoms with E-state index in [4.69, 9.17) is 42.6 Å². The van der Waals surface area contributed by atoms with Gasteiger partial charge < -0.3 is 42.6 Å². The molecule has 0 radical (unpaired) electrons. The molecule has 0 aromatic heterocycles. The Morgan fingerprint density at radius 2 is 0.700 bits per heavy atom. The van der Waals surface area contributed by atoms with Gasteiger partial charge in [-0.2, -0.15) is 0 Å². The summed E-state index contributed by atoms with van der Waals surface area (Å²) in [5, 5.41) is 0. The molecule has 0 aliphatic rings. The summed E-state index contributed by atoms with van der Waals surface area (Å²) >= 11 is 0. The van der Waals surface area contributed by atoms with Crippen LogP contribution < -0.4 is 42.6 Å². The van der Waals surface area contributed by atoms with E-state index in [0.717, 1.165) is 0 Å². The first kappa shape index (κ1) is 36.6. The van der Waals surface area contributed by atoms with Crippen molar-refractivity contribution >= 4 is 23.7 Å². The monoisotopic (exact) mass is 688 g/mol. The van der Waals surface area contributed by atoms with Gasteiger partial charge in [0.2, 0.25) is 0 Å². The molecule has 0 spiro atoms. The van der Waals surface area contributed by atoms with Gasteiger partial charge in [0.25, 0.3) is 0 Å². The predicted molar refractivity (Wildman–Crippen MR) is 179 cm³/mol. The van der Waals surface area contributed by atoms with Crippen LogP contribution in [0, 0.1) is 13.8 Å². The van der Waals surface area contributed by atoms with Crippen LogP contribution in [0.5, 0.6) is 51.7 Å². The maximum Gasteiger partial charge on any atom is 0.343 e. The van der Waals surface area contributed by atoms with Gasteiger partial charge in [-0.15, -0.1) is 0 Å². The molecule has 0 bridgehead atoms. The first-order chi connectivity index (χ1) is 23.9. The molecule has 4 aromatic carbocycles. The first-order valence-corrected chi connectivity index (χ1v) is 14.9. The lowest BCUT2D eigenvalue weighted by Crippen LogP contribution is -2.19. The molecule has 0 aliphatic heterocycles. The summed E-state index contributed by atoms with van der Waals surface area (Å²) in [6.07, 6.45) is 0. The van der Waals surface area contributed by atoms with Crippen molar-refractivity contribution in [1.29, 1.82) is 0 Å². The number of carbonyl (C=O) groups is 4. The standard InChI is InChI=1S/C37H36O13/c1-19-32(48-35(39)22-10-13-25(42-4)28(16-22)45-7)20(2)34(50-37(41)24-12-15-27(44-6)30(18-24)47-9)31(21(3)38)33(19)49-36(40)23-11-14-26(43-5)29(17-23)46-8/h10-18H,1-9H3. The topological polar surface area (TPSA) is 151 Å². The van der Waals surface area contributed by atoms with E-state index in [2.05, 4.69) is 0 Å². The Morgan fingerprint density at radius 1 is 0.420 bits per heavy atom. The molecule has 0 fully saturated rings. The Hall–Kier alpha value is -6.24. The Kier molecular flexibility index (Phi) is 11.5. The molecular formula is C37H36O13. The minimum atomic E-state index is -0.894. The summed E-state index contributed by atoms with van der Waals surface area (Å²) in [5.74, 6) is -2.05. The lowest BCUT2D eigenvalue weighted by atomic mass is 9.99. The fourth-order valence-electron chi connectivity index (χ4n) is 5.04. The number of rotatable bonds is 13. The lowest BCUT2D eigenvalue weighted by molar-refractivity contribution is 0.0723. The number of carbonyl (C=O) groups excluding carboxylic acids is 4. The summed E-state index contributed by atoms with van der Waals surface area (Å²) in [5.41, 5.74) is 0.135. The number of esters is 3. The van der Waals surface area contributed by atoms with Gasteiger partial charge in [0.15, 0.2) is 51.8 Å². The van der Waals surface area contributed by atoms with Crippen molar-refractivity contribution in [3.63, 3.8) is 0 Å². The average Bonchev–Trinajstić information content (AvgIpc) is 3.13. The highest BCUT2D eigenvalue weighted by Crippen LogP contribution is 2.45. The van der Waals surface area contributed by atoms with Crippen LogP contribution in [0.1, 0.15) is 59.5 Å². The smallest absolute Gasteiger partial charge is 0.343 e. The van der Waals surface area contributed by atoms with Crippen LogP contribution in [0.3, 0.4) is 0 Å². The fourth-order valence-corrected chi connectivity index (χ4v) is 5.04. The average molecular weight is 689 g/mol. The number of Topliss-reactive ketones (excluding diaryl/α,β-unsaturated/α-hetero) is 1. The van der Waals surface area contributed by atoms with Gasteiger partial charge >= 0.3 is 17.9 Å². The number of benzene rings is 4. The molecule has 0 saturated heterocycles. The van der Waals surface area contributed by atoms with Gasteiger partial charge in [0.05, 0.1) is 59.3 Å². The van der Waals surface area contributed by atoms with Crippen molar-refractivity contribution in [1.82, 2.24) is 0 Å². The van der Waals surface area contributed by atoms with Crippen LogP contribution >= 0.6 is 0 Å². The molecule has 0 saturated carbocycles. The van der Waals surface area contributed by atoms with E-state index in [0.29, 0.717) is 17.2 Å². The number of ketones is 1. The first-order valence-electron chi connectivity index (χ1n) is 14.9. The molecule has 0 atom stereocenters. The second kappa shape index (κ2) is 15.8. The highest BCUT2D eigenvalue weighted by atomic mass is 16.6. The van der Waals surface area contributed by atoms with E-state index in [1.165, 1.54) is 118 Å². The lowest BCUT2D eigenvalue weighted by Gasteiger charge is -2.21. The van der Waals surface area contributed by atoms with Gasteiger partial charge in [-0.1, -0.05) is 0 Å². The van der Waals surface area contributed by atoms with Crippen LogP contribution in [0.15, 0.2) is 54.6 Å². The normalized spacial score (nSPS) is 10.4. The highest BCUT2D eigenvalue weighted by Gasteiger charge is 2.31. The predicted octanol–water partition coefficient (Wildman–Crippen LogP) is 6.22. The van der Waals surface area contributed by atoms with Gasteiger partial charge in [0.1, 0.15) is 11.3 Å². The second-order valence-electron chi connectivity index (χ2n) is 10.5. The van der Waals surface area contributed by atoms with Gasteiger partial charge in [-0.25, -0.2) is 14.4 Å². The van der Waals surface area contributed by atoms with Crippen molar-refractivity contribution in [3.8, 4) is 51.7 Å². The molecular weight excluding hydrogens is 652 g/mol. The highest BCUT2D eigenvalue weighted by molar-refractivity contribution is 6.05. The van der Waals surface area contributed by atoms with E-state index < -0.39 is 23.7 Å². The zero-order chi connectivity index (χ0) is 36.7. The van der Waals surface area contributed by atoms with Crippen LogP contribution in [0.2, 0.25) is 0 Å². The Labute approximate surface area is 288 Å². The molecule has 4 rings (SSSR count). The Balaban J connectivity index is 1.88. The Bertz CT molecular complexity index is 1870. The van der Waals surface area contributed by atoms with E-state index in [-0.39, 0.29) is 67.9 Å². The van der Waals surface area contributed by atoms with Crippen LogP contribution in [0.4, 0.5) is 0 Å². The maximum atomic E-state index is 13.6. The van der Waals surface area contributed by atoms with E-state index >= 15 is 0 Å². The molecule has 0 heterocycles. The summed E-state index contributed by atoms with van der Waals surface area (Å²) < 4.78 is 49.2. The van der Waals surface area contributed by atoms with Gasteiger partial charge in [-0.05, 0) is 75.4 Å². The number of ether oxygens (including phenoxy) is 9. The quantitative estimate of drug-likeness (QED) is 0.0889. The molecule has 4 aromatic rings. The summed E-state index contributed by atoms with van der Waals surface area (Å²) in [4.78, 5) is 54.0. The molecule has 50 heavy (non-hydrogen) atoms. The summed E-state index contributed by atoms with van der Waals surface area (Å²) in [6, 6.07) is 13.1. The van der Waals surface area contributed by atoms with Crippen LogP contribution in [0.25, 0.3) is 0 Å². The zero-order valence-corrected chi connectivity index (χ0v) is 29.0. The van der Waals surface area contributed by atoms with Crippen molar-refractivity contribution in [3.05, 3.63) is 88.0 Å². The fraction of sp³-hybridized carbons (Fsp3) is 0.243. The Morgan fingerprint density at radius 3 is 0.960 bits per heavy atom. The van der Waals surface area contributed by atoms with E-state index in [9.17, 15) is 19.2 Å². The third-order valence-electron chi connectivity index (χ3n) is 7.61. The molecule has 0 N–H and O–H groups in total. The van der Waals surface area contributed by atoms with E-state index in [1.807, 2.05) is 0 Å². The molecule has 0 amide bonds. The third kappa shape index (κ3) is 7.41. The number of hydrogen-bond donors (Lipinski definition) is 0. The summed E-state index contributed by atoms with van der Waals surface area (Å²) in [6.45, 7) is 4.20. The third-order valence-corrected chi connectivity index (χ3v) is 7.61. The van der Waals surface area contributed by atoms with Crippen molar-refractivity contribution in [2.75, 3.05) is 42.7 Å². The minimum absolute atomic E-state index is 0.0462. The number of hydrogen-bond acceptors (Lipinski definition) is 13. The second-order valence-corrected chi connectivity index (χ2v) is 10.5. The molecule has 262 valence electrons. The maximum absolute atomic E-state index is 13.6. The van der Waals surface area contributed by atoms with E-state index in [1.54, 1.807) is 0 Å². The molecule has 0 aliphatic carbocycles. The largest absolute Gasteiger partial charge is 0.493 e. The summed E-state index contributed by atoms with van der Waals surface area (Å²) in [7, 11) is 8.57. The van der Waals surface area contributed by atoms with Crippen molar-refractivity contribution in [2.45, 2.75) is 20.8 Å². The molecule has 13 nitrogen and oxygen atoms in total. The van der Waals surface area contributed by atoms with Crippen LogP contribution in [-0.2, 0) is 0 Å². The van der Waals surface area contributed by atoms with Gasteiger partial charge in [-0.3, -0.25) is 4.79 Å². The molecule has 13 heteroatoms. The van der Waals surface area contributed by atoms with Crippen molar-refractivity contribution < 1.29 is 61.8 Å². The van der Waals surface area contributed by atoms with Crippen molar-refractivity contribution in [2.24, 2.45) is 0 Å². The zero-order valence-electron chi connectivity index (χ0n) is 29.0. The minimum Gasteiger partial charge on any atom is -0.493 e. The SMILES string of the molecule is COc1ccc(C(=O)Oc2c(C)c(OC(=O)c3ccc(OC)c(OC)c3)c(C(C)=O)c(OC(=O)c3ccc(OC)c(OC)c3)c2C)cc1OC.